The van der Waals surface area contributed by atoms with Crippen molar-refractivity contribution in [1.82, 2.24) is 4.98 Å². The number of pyridine rings is 1. The first-order chi connectivity index (χ1) is 5.66. The Morgan fingerprint density at radius 1 is 1.50 bits per heavy atom. The second kappa shape index (κ2) is 2.61. The maximum absolute atomic E-state index is 10.9. The van der Waals surface area contributed by atoms with Gasteiger partial charge < -0.3 is 5.32 Å². The fraction of sp³-hybridized carbons (Fsp3) is 0.143. The summed E-state index contributed by atoms with van der Waals surface area (Å²) in [6.45, 7) is 0. The van der Waals surface area contributed by atoms with E-state index >= 15 is 0 Å². The first-order valence-electron chi connectivity index (χ1n) is 3.31. The molecule has 0 radical (unpaired) electrons. The van der Waals surface area contributed by atoms with Gasteiger partial charge in [0.15, 0.2) is 0 Å². The zero-order valence-electron chi connectivity index (χ0n) is 5.90. The minimum atomic E-state index is -0.0957. The third-order valence-electron chi connectivity index (χ3n) is 1.63. The van der Waals surface area contributed by atoms with E-state index in [1.165, 1.54) is 6.07 Å². The standard InChI is InChI=1S/C7H4Cl2N2O/c8-4-2-5(9)10-7-3(4)1-6(12)11-7/h2H,1H2,(H,10,11,12). The molecule has 0 bridgehead atoms. The topological polar surface area (TPSA) is 42.0 Å². The minimum Gasteiger partial charge on any atom is -0.310 e. The van der Waals surface area contributed by atoms with Crippen LogP contribution < -0.4 is 5.32 Å². The third-order valence-corrected chi connectivity index (χ3v) is 2.16. The molecule has 0 saturated carbocycles. The number of fused-ring (bicyclic) bond motifs is 1. The molecular weight excluding hydrogens is 199 g/mol. The van der Waals surface area contributed by atoms with Gasteiger partial charge >= 0.3 is 0 Å². The number of halogens is 2. The summed E-state index contributed by atoms with van der Waals surface area (Å²) in [5.41, 5.74) is 0.728. The van der Waals surface area contributed by atoms with Crippen molar-refractivity contribution >= 4 is 34.9 Å². The Kier molecular flexibility index (Phi) is 1.70. The number of amides is 1. The smallest absolute Gasteiger partial charge is 0.230 e. The second-order valence-corrected chi connectivity index (χ2v) is 3.27. The number of aromatic nitrogens is 1. The van der Waals surface area contributed by atoms with E-state index < -0.39 is 0 Å². The highest BCUT2D eigenvalue weighted by molar-refractivity contribution is 6.35. The van der Waals surface area contributed by atoms with Gasteiger partial charge in [0.05, 0.1) is 11.4 Å². The van der Waals surface area contributed by atoms with Crippen LogP contribution >= 0.6 is 23.2 Å². The molecule has 0 spiro atoms. The van der Waals surface area contributed by atoms with Crippen molar-refractivity contribution < 1.29 is 4.79 Å². The molecular formula is C7H4Cl2N2O. The molecule has 1 aromatic heterocycles. The van der Waals surface area contributed by atoms with E-state index in [1.54, 1.807) is 0 Å². The van der Waals surface area contributed by atoms with Crippen LogP contribution in [0.25, 0.3) is 0 Å². The summed E-state index contributed by atoms with van der Waals surface area (Å²) in [5, 5.41) is 3.34. The van der Waals surface area contributed by atoms with E-state index in [2.05, 4.69) is 10.3 Å². The van der Waals surface area contributed by atoms with Crippen LogP contribution in [-0.2, 0) is 11.2 Å². The molecule has 0 atom stereocenters. The number of rotatable bonds is 0. The minimum absolute atomic E-state index is 0.0957. The van der Waals surface area contributed by atoms with Crippen LogP contribution in [0, 0.1) is 0 Å². The number of hydrogen-bond acceptors (Lipinski definition) is 2. The van der Waals surface area contributed by atoms with Crippen molar-refractivity contribution in [1.29, 1.82) is 0 Å². The van der Waals surface area contributed by atoms with Crippen LogP contribution in [0.4, 0.5) is 5.82 Å². The lowest BCUT2D eigenvalue weighted by atomic mass is 10.2. The van der Waals surface area contributed by atoms with Gasteiger partial charge in [-0.3, -0.25) is 4.79 Å². The van der Waals surface area contributed by atoms with Gasteiger partial charge in [0.25, 0.3) is 0 Å². The lowest BCUT2D eigenvalue weighted by Crippen LogP contribution is -2.04. The molecule has 0 fully saturated rings. The summed E-state index contributed by atoms with van der Waals surface area (Å²) in [6.07, 6.45) is 0.290. The van der Waals surface area contributed by atoms with Gasteiger partial charge in [-0.25, -0.2) is 4.98 Å². The lowest BCUT2D eigenvalue weighted by Gasteiger charge is -1.99. The van der Waals surface area contributed by atoms with E-state index in [0.29, 0.717) is 22.4 Å². The van der Waals surface area contributed by atoms with Gasteiger partial charge in [-0.15, -0.1) is 0 Å². The quantitative estimate of drug-likeness (QED) is 0.654. The van der Waals surface area contributed by atoms with E-state index in [1.807, 2.05) is 0 Å². The number of nitrogens with zero attached hydrogens (tertiary/aromatic N) is 1. The van der Waals surface area contributed by atoms with Crippen molar-refractivity contribution in [3.05, 3.63) is 21.8 Å². The summed E-state index contributed by atoms with van der Waals surface area (Å²) in [4.78, 5) is 14.8. The Morgan fingerprint density at radius 3 is 3.00 bits per heavy atom. The molecule has 1 aliphatic rings. The van der Waals surface area contributed by atoms with Crippen molar-refractivity contribution in [3.8, 4) is 0 Å². The summed E-state index contributed by atoms with van der Waals surface area (Å²) in [7, 11) is 0. The molecule has 2 heterocycles. The Balaban J connectivity index is 2.59. The maximum atomic E-state index is 10.9. The van der Waals surface area contributed by atoms with E-state index in [4.69, 9.17) is 23.2 Å². The Bertz CT molecular complexity index is 365. The van der Waals surface area contributed by atoms with Crippen LogP contribution in [0.2, 0.25) is 10.2 Å². The van der Waals surface area contributed by atoms with Gasteiger partial charge in [0, 0.05) is 5.56 Å². The zero-order chi connectivity index (χ0) is 8.72. The Labute approximate surface area is 78.7 Å². The number of nitrogens with one attached hydrogen (secondary N) is 1. The van der Waals surface area contributed by atoms with Gasteiger partial charge in [0.1, 0.15) is 11.0 Å². The SMILES string of the molecule is O=C1Cc2c(Cl)cc(Cl)nc2N1. The summed E-state index contributed by atoms with van der Waals surface area (Å²) >= 11 is 11.5. The van der Waals surface area contributed by atoms with Crippen LogP contribution in [0.15, 0.2) is 6.07 Å². The summed E-state index contributed by atoms with van der Waals surface area (Å²) < 4.78 is 0. The zero-order valence-corrected chi connectivity index (χ0v) is 7.41. The maximum Gasteiger partial charge on any atom is 0.230 e. The number of hydrogen-bond donors (Lipinski definition) is 1. The largest absolute Gasteiger partial charge is 0.310 e. The molecule has 1 amide bonds. The van der Waals surface area contributed by atoms with Crippen molar-refractivity contribution in [3.63, 3.8) is 0 Å². The lowest BCUT2D eigenvalue weighted by molar-refractivity contribution is -0.115. The molecule has 62 valence electrons. The Hall–Kier alpha value is -0.800. The molecule has 12 heavy (non-hydrogen) atoms. The van der Waals surface area contributed by atoms with Gasteiger partial charge in [-0.2, -0.15) is 0 Å². The number of anilines is 1. The Morgan fingerprint density at radius 2 is 2.25 bits per heavy atom. The molecule has 0 aliphatic carbocycles. The van der Waals surface area contributed by atoms with Gasteiger partial charge in [-0.05, 0) is 6.07 Å². The fourth-order valence-electron chi connectivity index (χ4n) is 1.12. The van der Waals surface area contributed by atoms with Crippen molar-refractivity contribution in [2.75, 3.05) is 5.32 Å². The highest BCUT2D eigenvalue weighted by Crippen LogP contribution is 2.30. The molecule has 3 nitrogen and oxygen atoms in total. The van der Waals surface area contributed by atoms with Gasteiger partial charge in [-0.1, -0.05) is 23.2 Å². The van der Waals surface area contributed by atoms with Crippen LogP contribution in [0.3, 0.4) is 0 Å². The number of carbonyl (C=O) groups is 1. The molecule has 1 aromatic rings. The van der Waals surface area contributed by atoms with Gasteiger partial charge in [0.2, 0.25) is 5.91 Å². The monoisotopic (exact) mass is 202 g/mol. The average Bonchev–Trinajstić information content (AvgIpc) is 2.29. The first kappa shape index (κ1) is 7.83. The van der Waals surface area contributed by atoms with Crippen LogP contribution in [0.5, 0.6) is 0 Å². The molecule has 2 rings (SSSR count). The molecule has 1 N–H and O–H groups in total. The summed E-state index contributed by atoms with van der Waals surface area (Å²) in [6, 6.07) is 1.53. The van der Waals surface area contributed by atoms with Crippen LogP contribution in [0.1, 0.15) is 5.56 Å². The number of carbonyl (C=O) groups excluding carboxylic acids is 1. The fourth-order valence-corrected chi connectivity index (χ4v) is 1.63. The average molecular weight is 203 g/mol. The highest BCUT2D eigenvalue weighted by atomic mass is 35.5. The highest BCUT2D eigenvalue weighted by Gasteiger charge is 2.22. The van der Waals surface area contributed by atoms with E-state index in [-0.39, 0.29) is 5.91 Å². The summed E-state index contributed by atoms with van der Waals surface area (Å²) in [5.74, 6) is 0.388. The molecule has 5 heteroatoms. The molecule has 1 aliphatic heterocycles. The predicted molar refractivity (Wildman–Crippen MR) is 46.6 cm³/mol. The van der Waals surface area contributed by atoms with Crippen molar-refractivity contribution in [2.45, 2.75) is 6.42 Å². The predicted octanol–water partition coefficient (Wildman–Crippen LogP) is 1.88. The van der Waals surface area contributed by atoms with E-state index in [0.717, 1.165) is 5.56 Å². The third kappa shape index (κ3) is 1.15. The normalized spacial score (nSPS) is 14.3. The molecule has 0 unspecified atom stereocenters. The molecule has 0 saturated heterocycles. The second-order valence-electron chi connectivity index (χ2n) is 2.48. The van der Waals surface area contributed by atoms with Crippen molar-refractivity contribution in [2.24, 2.45) is 0 Å². The van der Waals surface area contributed by atoms with Crippen LogP contribution in [-0.4, -0.2) is 10.9 Å². The molecule has 0 aromatic carbocycles. The first-order valence-corrected chi connectivity index (χ1v) is 4.07. The van der Waals surface area contributed by atoms with E-state index in [9.17, 15) is 4.79 Å².